The molecule has 6 nitrogen and oxygen atoms in total. The van der Waals surface area contributed by atoms with Crippen LogP contribution in [0.3, 0.4) is 0 Å². The summed E-state index contributed by atoms with van der Waals surface area (Å²) in [7, 11) is 1.68. The van der Waals surface area contributed by atoms with Gasteiger partial charge in [-0.1, -0.05) is 23.7 Å². The van der Waals surface area contributed by atoms with Gasteiger partial charge in [-0.2, -0.15) is 0 Å². The van der Waals surface area contributed by atoms with Crippen LogP contribution in [0.1, 0.15) is 16.9 Å². The molecule has 2 aromatic rings. The van der Waals surface area contributed by atoms with Crippen LogP contribution in [0, 0.1) is 5.92 Å². The molecule has 1 atom stereocenters. The highest BCUT2D eigenvalue weighted by Crippen LogP contribution is 2.31. The molecule has 7 heteroatoms. The fraction of sp³-hybridized carbons (Fsp3) is 0.353. The Morgan fingerprint density at radius 2 is 2.29 bits per heavy atom. The number of hydrogen-bond donors (Lipinski definition) is 1. The van der Waals surface area contributed by atoms with Crippen molar-refractivity contribution in [2.24, 2.45) is 5.92 Å². The molecule has 1 aliphatic rings. The number of benzene rings is 1. The quantitative estimate of drug-likeness (QED) is 0.900. The van der Waals surface area contributed by atoms with E-state index in [2.05, 4.69) is 26.3 Å². The lowest BCUT2D eigenvalue weighted by molar-refractivity contribution is 0.0943. The van der Waals surface area contributed by atoms with E-state index in [-0.39, 0.29) is 16.6 Å². The Labute approximate surface area is 145 Å². The number of aromatic nitrogens is 2. The van der Waals surface area contributed by atoms with E-state index in [1.807, 2.05) is 18.2 Å². The lowest BCUT2D eigenvalue weighted by atomic mass is 10.1. The van der Waals surface area contributed by atoms with Gasteiger partial charge in [-0.05, 0) is 24.5 Å². The summed E-state index contributed by atoms with van der Waals surface area (Å²) in [5.74, 6) is 0.979. The normalized spacial score (nSPS) is 16.9. The first-order valence-electron chi connectivity index (χ1n) is 7.80. The van der Waals surface area contributed by atoms with Gasteiger partial charge in [0.25, 0.3) is 5.91 Å². The Morgan fingerprint density at radius 1 is 1.46 bits per heavy atom. The van der Waals surface area contributed by atoms with Crippen molar-refractivity contribution in [3.05, 3.63) is 47.5 Å². The van der Waals surface area contributed by atoms with Gasteiger partial charge < -0.3 is 15.0 Å². The molecule has 1 N–H and O–H groups in total. The third kappa shape index (κ3) is 3.59. The third-order valence-corrected chi connectivity index (χ3v) is 4.42. The van der Waals surface area contributed by atoms with E-state index in [4.69, 9.17) is 16.3 Å². The lowest BCUT2D eigenvalue weighted by Crippen LogP contribution is -2.31. The Kier molecular flexibility index (Phi) is 5.15. The van der Waals surface area contributed by atoms with E-state index >= 15 is 0 Å². The highest BCUT2D eigenvalue weighted by atomic mass is 35.5. The molecule has 1 saturated heterocycles. The molecule has 1 unspecified atom stereocenters. The Bertz CT molecular complexity index is 725. The molecule has 1 fully saturated rings. The second-order valence-electron chi connectivity index (χ2n) is 5.70. The van der Waals surface area contributed by atoms with Gasteiger partial charge in [0.15, 0.2) is 0 Å². The number of methoxy groups -OCH3 is 1. The van der Waals surface area contributed by atoms with Crippen molar-refractivity contribution in [1.82, 2.24) is 15.3 Å². The second-order valence-corrected chi connectivity index (χ2v) is 6.11. The number of carbonyl (C=O) groups excluding carboxylic acids is 1. The van der Waals surface area contributed by atoms with Crippen LogP contribution in [0.25, 0.3) is 0 Å². The predicted octanol–water partition coefficient (Wildman–Crippen LogP) is 2.39. The summed E-state index contributed by atoms with van der Waals surface area (Å²) < 4.78 is 5.42. The summed E-state index contributed by atoms with van der Waals surface area (Å²) >= 11 is 5.94. The minimum absolute atomic E-state index is 0.214. The molecule has 24 heavy (non-hydrogen) atoms. The van der Waals surface area contributed by atoms with Gasteiger partial charge in [0.1, 0.15) is 17.8 Å². The predicted molar refractivity (Wildman–Crippen MR) is 92.7 cm³/mol. The smallest absolute Gasteiger partial charge is 0.271 e. The molecule has 2 heterocycles. The van der Waals surface area contributed by atoms with Crippen molar-refractivity contribution >= 4 is 23.2 Å². The Balaban J connectivity index is 1.57. The summed E-state index contributed by atoms with van der Waals surface area (Å²) in [6.07, 6.45) is 3.75. The monoisotopic (exact) mass is 346 g/mol. The molecule has 0 aliphatic carbocycles. The highest BCUT2D eigenvalue weighted by Gasteiger charge is 2.25. The molecule has 3 rings (SSSR count). The van der Waals surface area contributed by atoms with Gasteiger partial charge >= 0.3 is 0 Å². The number of anilines is 1. The average Bonchev–Trinajstić information content (AvgIpc) is 3.09. The molecular formula is C17H19ClN4O2. The van der Waals surface area contributed by atoms with Crippen LogP contribution >= 0.6 is 11.6 Å². The third-order valence-electron chi connectivity index (χ3n) is 4.15. The van der Waals surface area contributed by atoms with E-state index in [1.165, 1.54) is 12.5 Å². The molecule has 1 aromatic heterocycles. The van der Waals surface area contributed by atoms with E-state index in [1.54, 1.807) is 7.11 Å². The molecule has 0 radical (unpaired) electrons. The van der Waals surface area contributed by atoms with E-state index in [0.29, 0.717) is 12.5 Å². The Hall–Kier alpha value is -2.34. The van der Waals surface area contributed by atoms with Crippen LogP contribution < -0.4 is 15.0 Å². The topological polar surface area (TPSA) is 67.3 Å². The molecule has 0 spiro atoms. The van der Waals surface area contributed by atoms with Crippen molar-refractivity contribution < 1.29 is 9.53 Å². The van der Waals surface area contributed by atoms with Crippen LogP contribution in [-0.2, 0) is 0 Å². The van der Waals surface area contributed by atoms with Gasteiger partial charge in [-0.3, -0.25) is 4.79 Å². The molecule has 126 valence electrons. The highest BCUT2D eigenvalue weighted by molar-refractivity contribution is 6.33. The maximum absolute atomic E-state index is 12.2. The maximum atomic E-state index is 12.2. The van der Waals surface area contributed by atoms with Crippen LogP contribution in [0.4, 0.5) is 5.69 Å². The number of rotatable bonds is 5. The number of hydrogen-bond acceptors (Lipinski definition) is 5. The minimum Gasteiger partial charge on any atom is -0.495 e. The van der Waals surface area contributed by atoms with E-state index < -0.39 is 0 Å². The number of para-hydroxylation sites is 2. The number of nitrogens with one attached hydrogen (secondary N) is 1. The van der Waals surface area contributed by atoms with Gasteiger partial charge in [0, 0.05) is 25.8 Å². The molecule has 1 amide bonds. The largest absolute Gasteiger partial charge is 0.495 e. The standard InChI is InChI=1S/C17H19ClN4O2/c1-24-15-5-3-2-4-14(15)22-7-6-12(10-22)8-20-17(23)16-13(18)9-19-11-21-16/h2-5,9,11-12H,6-8,10H2,1H3,(H,20,23). The average molecular weight is 347 g/mol. The van der Waals surface area contributed by atoms with Crippen molar-refractivity contribution in [3.8, 4) is 5.75 Å². The minimum atomic E-state index is -0.266. The van der Waals surface area contributed by atoms with Crippen LogP contribution in [0.2, 0.25) is 5.02 Å². The summed E-state index contributed by atoms with van der Waals surface area (Å²) in [5, 5.41) is 3.17. The number of carbonyl (C=O) groups is 1. The van der Waals surface area contributed by atoms with Crippen LogP contribution in [0.15, 0.2) is 36.8 Å². The summed E-state index contributed by atoms with van der Waals surface area (Å²) in [5.41, 5.74) is 1.30. The van der Waals surface area contributed by atoms with Crippen molar-refractivity contribution in [3.63, 3.8) is 0 Å². The fourth-order valence-electron chi connectivity index (χ4n) is 2.91. The first-order valence-corrected chi connectivity index (χ1v) is 8.18. The van der Waals surface area contributed by atoms with E-state index in [9.17, 15) is 4.79 Å². The summed E-state index contributed by atoms with van der Waals surface area (Å²) in [6, 6.07) is 7.98. The molecule has 1 aliphatic heterocycles. The van der Waals surface area contributed by atoms with Crippen LogP contribution in [0.5, 0.6) is 5.75 Å². The van der Waals surface area contributed by atoms with Crippen molar-refractivity contribution in [1.29, 1.82) is 0 Å². The molecule has 1 aromatic carbocycles. The zero-order chi connectivity index (χ0) is 16.9. The van der Waals surface area contributed by atoms with Crippen molar-refractivity contribution in [2.75, 3.05) is 31.6 Å². The van der Waals surface area contributed by atoms with Crippen LogP contribution in [-0.4, -0.2) is 42.6 Å². The number of halogens is 1. The zero-order valence-electron chi connectivity index (χ0n) is 13.4. The van der Waals surface area contributed by atoms with E-state index in [0.717, 1.165) is 30.9 Å². The summed E-state index contributed by atoms with van der Waals surface area (Å²) in [4.78, 5) is 22.1. The number of nitrogens with zero attached hydrogens (tertiary/aromatic N) is 3. The fourth-order valence-corrected chi connectivity index (χ4v) is 3.10. The SMILES string of the molecule is COc1ccccc1N1CCC(CNC(=O)c2ncncc2Cl)C1. The summed E-state index contributed by atoms with van der Waals surface area (Å²) in [6.45, 7) is 2.40. The number of ether oxygens (including phenoxy) is 1. The van der Waals surface area contributed by atoms with Gasteiger partial charge in [0.2, 0.25) is 0 Å². The van der Waals surface area contributed by atoms with Gasteiger partial charge in [-0.25, -0.2) is 9.97 Å². The Morgan fingerprint density at radius 3 is 3.08 bits per heavy atom. The molecular weight excluding hydrogens is 328 g/mol. The molecule has 0 saturated carbocycles. The number of amides is 1. The molecule has 0 bridgehead atoms. The zero-order valence-corrected chi connectivity index (χ0v) is 14.2. The lowest BCUT2D eigenvalue weighted by Gasteiger charge is -2.21. The van der Waals surface area contributed by atoms with Crippen molar-refractivity contribution in [2.45, 2.75) is 6.42 Å². The van der Waals surface area contributed by atoms with Gasteiger partial charge in [0.05, 0.1) is 17.8 Å². The maximum Gasteiger partial charge on any atom is 0.271 e. The van der Waals surface area contributed by atoms with Gasteiger partial charge in [-0.15, -0.1) is 0 Å². The first kappa shape index (κ1) is 16.5. The first-order chi connectivity index (χ1) is 11.7. The second kappa shape index (κ2) is 7.49.